The van der Waals surface area contributed by atoms with Crippen LogP contribution in [0.3, 0.4) is 0 Å². The van der Waals surface area contributed by atoms with E-state index in [2.05, 4.69) is 5.32 Å². The van der Waals surface area contributed by atoms with Gasteiger partial charge in [-0.15, -0.1) is 0 Å². The summed E-state index contributed by atoms with van der Waals surface area (Å²) < 4.78 is 16.6. The van der Waals surface area contributed by atoms with Crippen molar-refractivity contribution >= 4 is 39.5 Å². The van der Waals surface area contributed by atoms with Gasteiger partial charge in [0.2, 0.25) is 0 Å². The average molecular weight is 514 g/mol. The van der Waals surface area contributed by atoms with Crippen LogP contribution >= 0.6 is 12.2 Å². The van der Waals surface area contributed by atoms with Crippen molar-refractivity contribution in [3.8, 4) is 23.0 Å². The number of hydrogen-bond acceptors (Lipinski definition) is 6. The quantitative estimate of drug-likeness (QED) is 0.301. The van der Waals surface area contributed by atoms with Gasteiger partial charge in [0.1, 0.15) is 11.5 Å². The fourth-order valence-corrected chi connectivity index (χ4v) is 4.93. The van der Waals surface area contributed by atoms with Crippen LogP contribution in [0.1, 0.15) is 23.6 Å². The van der Waals surface area contributed by atoms with Crippen molar-refractivity contribution in [2.75, 3.05) is 26.6 Å². The lowest BCUT2D eigenvalue weighted by Crippen LogP contribution is -2.31. The number of nitrogens with one attached hydrogen (secondary N) is 1. The first-order chi connectivity index (χ1) is 18.0. The van der Waals surface area contributed by atoms with Crippen molar-refractivity contribution in [3.63, 3.8) is 0 Å². The van der Waals surface area contributed by atoms with E-state index >= 15 is 0 Å². The molecule has 0 spiro atoms. The molecule has 1 aliphatic heterocycles. The Morgan fingerprint density at radius 1 is 0.946 bits per heavy atom. The topological polar surface area (TPSA) is 75.6 Å². The molecule has 0 bridgehead atoms. The fourth-order valence-electron chi connectivity index (χ4n) is 4.65. The summed E-state index contributed by atoms with van der Waals surface area (Å²) in [5.74, 6) is 2.14. The zero-order chi connectivity index (χ0) is 25.9. The zero-order valence-corrected chi connectivity index (χ0v) is 21.6. The van der Waals surface area contributed by atoms with E-state index in [1.54, 1.807) is 26.3 Å². The molecule has 4 aromatic rings. The minimum Gasteiger partial charge on any atom is -0.507 e. The Balaban J connectivity index is 1.57. The van der Waals surface area contributed by atoms with Crippen LogP contribution in [0.25, 0.3) is 10.8 Å². The molecular formula is C29H27N3O4S. The third kappa shape index (κ3) is 4.63. The van der Waals surface area contributed by atoms with E-state index in [0.29, 0.717) is 40.1 Å². The maximum atomic E-state index is 11.2. The van der Waals surface area contributed by atoms with E-state index in [9.17, 15) is 5.11 Å². The predicted molar refractivity (Wildman–Crippen MR) is 150 cm³/mol. The first kappa shape index (κ1) is 24.4. The smallest absolute Gasteiger partial charge is 0.194 e. The number of anilines is 1. The van der Waals surface area contributed by atoms with Crippen LogP contribution in [-0.2, 0) is 0 Å². The second-order valence-corrected chi connectivity index (χ2v) is 8.93. The van der Waals surface area contributed by atoms with Gasteiger partial charge in [0.25, 0.3) is 0 Å². The molecule has 0 aromatic heterocycles. The van der Waals surface area contributed by atoms with Gasteiger partial charge in [-0.1, -0.05) is 48.5 Å². The molecule has 0 fully saturated rings. The van der Waals surface area contributed by atoms with Crippen LogP contribution < -0.4 is 19.5 Å². The number of ether oxygens (including phenoxy) is 3. The molecule has 7 nitrogen and oxygen atoms in total. The summed E-state index contributed by atoms with van der Waals surface area (Å²) in [5, 5.41) is 23.2. The van der Waals surface area contributed by atoms with Crippen molar-refractivity contribution in [1.82, 2.24) is 5.01 Å². The molecule has 0 saturated carbocycles. The number of methoxy groups -OCH3 is 3. The van der Waals surface area contributed by atoms with E-state index in [-0.39, 0.29) is 11.8 Å². The highest BCUT2D eigenvalue weighted by Gasteiger charge is 2.35. The highest BCUT2D eigenvalue weighted by atomic mass is 32.1. The fraction of sp³-hybridized carbons (Fsp3) is 0.172. The molecule has 4 aromatic carbocycles. The van der Waals surface area contributed by atoms with Crippen molar-refractivity contribution in [2.45, 2.75) is 12.5 Å². The molecule has 1 heterocycles. The predicted octanol–water partition coefficient (Wildman–Crippen LogP) is 6.12. The van der Waals surface area contributed by atoms with Gasteiger partial charge in [-0.25, -0.2) is 5.01 Å². The van der Waals surface area contributed by atoms with Crippen LogP contribution in [-0.4, -0.2) is 42.3 Å². The maximum Gasteiger partial charge on any atom is 0.194 e. The normalized spacial score (nSPS) is 14.8. The van der Waals surface area contributed by atoms with Crippen molar-refractivity contribution in [3.05, 3.63) is 90.0 Å². The van der Waals surface area contributed by atoms with E-state index in [0.717, 1.165) is 22.0 Å². The maximum absolute atomic E-state index is 11.2. The van der Waals surface area contributed by atoms with Gasteiger partial charge in [0.15, 0.2) is 16.6 Å². The molecule has 0 amide bonds. The Kier molecular flexibility index (Phi) is 6.83. The largest absolute Gasteiger partial charge is 0.507 e. The van der Waals surface area contributed by atoms with Crippen LogP contribution in [0.2, 0.25) is 0 Å². The van der Waals surface area contributed by atoms with E-state index in [1.165, 1.54) is 0 Å². The van der Waals surface area contributed by atoms with E-state index in [1.807, 2.05) is 78.9 Å². The molecule has 8 heteroatoms. The van der Waals surface area contributed by atoms with Gasteiger partial charge in [0, 0.05) is 34.7 Å². The molecule has 37 heavy (non-hydrogen) atoms. The number of thiocarbonyl (C=S) groups is 1. The van der Waals surface area contributed by atoms with Gasteiger partial charge in [-0.05, 0) is 41.9 Å². The lowest BCUT2D eigenvalue weighted by Gasteiger charge is -2.26. The van der Waals surface area contributed by atoms with Crippen LogP contribution in [0.15, 0.2) is 84.0 Å². The summed E-state index contributed by atoms with van der Waals surface area (Å²) in [6.07, 6.45) is 0.495. The number of fused-ring (bicyclic) bond motifs is 1. The van der Waals surface area contributed by atoms with E-state index in [4.69, 9.17) is 31.5 Å². The molecule has 2 N–H and O–H groups in total. The minimum atomic E-state index is -0.295. The third-order valence-electron chi connectivity index (χ3n) is 6.44. The van der Waals surface area contributed by atoms with Gasteiger partial charge in [0.05, 0.1) is 33.1 Å². The molecule has 0 saturated heterocycles. The molecule has 1 unspecified atom stereocenters. The average Bonchev–Trinajstić information content (AvgIpc) is 3.38. The lowest BCUT2D eigenvalue weighted by atomic mass is 9.95. The van der Waals surface area contributed by atoms with Gasteiger partial charge in [-0.3, -0.25) is 0 Å². The summed E-state index contributed by atoms with van der Waals surface area (Å²) in [5.41, 5.74) is 3.03. The summed E-state index contributed by atoms with van der Waals surface area (Å²) >= 11 is 5.84. The number of nitrogens with zero attached hydrogens (tertiary/aromatic N) is 2. The highest BCUT2D eigenvalue weighted by Crippen LogP contribution is 2.43. The van der Waals surface area contributed by atoms with Crippen LogP contribution in [0.4, 0.5) is 5.69 Å². The first-order valence-corrected chi connectivity index (χ1v) is 12.2. The molecule has 1 aliphatic rings. The van der Waals surface area contributed by atoms with Crippen molar-refractivity contribution in [1.29, 1.82) is 0 Å². The standard InChI is InChI=1S/C29H27N3O4S/c1-34-20-10-6-9-19(16-20)30-29(37)32-25(23-12-7-13-26(35-2)28(23)36-3)17-24(31-32)22-15-14-18-8-4-5-11-21(18)27(22)33/h4-16,25,33H,17H2,1-3H3,(H,30,37). The molecule has 0 radical (unpaired) electrons. The number of hydrazone groups is 1. The Hall–Kier alpha value is -4.30. The van der Waals surface area contributed by atoms with Gasteiger partial charge < -0.3 is 24.6 Å². The number of benzene rings is 4. The number of para-hydroxylation sites is 1. The molecular weight excluding hydrogens is 486 g/mol. The lowest BCUT2D eigenvalue weighted by molar-refractivity contribution is 0.327. The zero-order valence-electron chi connectivity index (χ0n) is 20.8. The Bertz CT molecular complexity index is 1500. The van der Waals surface area contributed by atoms with Crippen molar-refractivity contribution < 1.29 is 19.3 Å². The SMILES string of the molecule is COc1cccc(NC(=S)N2N=C(c3ccc4ccccc4c3O)CC2c2cccc(OC)c2OC)c1. The summed E-state index contributed by atoms with van der Waals surface area (Å²) in [6, 6.07) is 24.6. The second-order valence-electron chi connectivity index (χ2n) is 8.54. The summed E-state index contributed by atoms with van der Waals surface area (Å²) in [4.78, 5) is 0. The van der Waals surface area contributed by atoms with Crippen LogP contribution in [0.5, 0.6) is 23.0 Å². The van der Waals surface area contributed by atoms with Crippen LogP contribution in [0, 0.1) is 0 Å². The first-order valence-electron chi connectivity index (χ1n) is 11.8. The van der Waals surface area contributed by atoms with Gasteiger partial charge in [-0.2, -0.15) is 5.10 Å². The summed E-state index contributed by atoms with van der Waals surface area (Å²) in [7, 11) is 4.85. The second kappa shape index (κ2) is 10.4. The molecule has 5 rings (SSSR count). The number of hydrogen-bond donors (Lipinski definition) is 2. The summed E-state index contributed by atoms with van der Waals surface area (Å²) in [6.45, 7) is 0. The number of aromatic hydroxyl groups is 1. The third-order valence-corrected chi connectivity index (χ3v) is 6.73. The molecule has 1 atom stereocenters. The number of rotatable bonds is 6. The van der Waals surface area contributed by atoms with Gasteiger partial charge >= 0.3 is 0 Å². The van der Waals surface area contributed by atoms with Crippen molar-refractivity contribution in [2.24, 2.45) is 5.10 Å². The molecule has 188 valence electrons. The minimum absolute atomic E-state index is 0.196. The number of phenolic OH excluding ortho intramolecular Hbond substituents is 1. The van der Waals surface area contributed by atoms with E-state index < -0.39 is 0 Å². The molecule has 0 aliphatic carbocycles. The monoisotopic (exact) mass is 513 g/mol. The number of phenols is 1. The Morgan fingerprint density at radius 3 is 2.54 bits per heavy atom. The highest BCUT2D eigenvalue weighted by molar-refractivity contribution is 7.80. The Labute approximate surface area is 220 Å². The Morgan fingerprint density at radius 2 is 1.76 bits per heavy atom.